The van der Waals surface area contributed by atoms with Gasteiger partial charge in [0.05, 0.1) is 4.90 Å². The Morgan fingerprint density at radius 3 is 2.48 bits per heavy atom. The summed E-state index contributed by atoms with van der Waals surface area (Å²) in [4.78, 5) is 23.3. The second-order valence-corrected chi connectivity index (χ2v) is 7.18. The lowest BCUT2D eigenvalue weighted by Crippen LogP contribution is -2.23. The van der Waals surface area contributed by atoms with Gasteiger partial charge in [0, 0.05) is 19.8 Å². The number of nitrogens with one attached hydrogen (secondary N) is 1. The van der Waals surface area contributed by atoms with Crippen LogP contribution in [0.25, 0.3) is 0 Å². The molecular weight excluding hydrogens is 352 g/mol. The Bertz CT molecular complexity index is 832. The number of esters is 1. The molecule has 1 aromatic carbocycles. The number of ether oxygens (including phenoxy) is 1. The Labute approximate surface area is 143 Å². The largest absolute Gasteiger partial charge is 0.454 e. The van der Waals surface area contributed by atoms with Crippen LogP contribution in [0.4, 0.5) is 5.69 Å². The maximum atomic E-state index is 11.9. The van der Waals surface area contributed by atoms with Crippen molar-refractivity contribution >= 4 is 27.6 Å². The van der Waals surface area contributed by atoms with Crippen LogP contribution in [0.3, 0.4) is 0 Å². The molecule has 0 aliphatic heterocycles. The van der Waals surface area contributed by atoms with Gasteiger partial charge in [0.2, 0.25) is 10.0 Å². The number of hydrogen-bond donors (Lipinski definition) is 1. The van der Waals surface area contributed by atoms with Gasteiger partial charge in [0.25, 0.3) is 5.91 Å². The molecule has 0 saturated heterocycles. The highest BCUT2D eigenvalue weighted by Crippen LogP contribution is 2.16. The van der Waals surface area contributed by atoms with Crippen LogP contribution in [-0.2, 0) is 30.9 Å². The van der Waals surface area contributed by atoms with E-state index in [0.717, 1.165) is 8.99 Å². The molecule has 134 valence electrons. The van der Waals surface area contributed by atoms with Crippen LogP contribution in [0.15, 0.2) is 35.5 Å². The number of rotatable bonds is 7. The Kier molecular flexibility index (Phi) is 5.77. The number of hydrogen-bond acceptors (Lipinski definition) is 8. The van der Waals surface area contributed by atoms with Crippen LogP contribution in [-0.4, -0.2) is 65.5 Å². The monoisotopic (exact) mass is 368 g/mol. The molecule has 12 heteroatoms. The summed E-state index contributed by atoms with van der Waals surface area (Å²) >= 11 is 0. The van der Waals surface area contributed by atoms with Crippen LogP contribution in [0, 0.1) is 0 Å². The van der Waals surface area contributed by atoms with Crippen molar-refractivity contribution in [1.82, 2.24) is 24.5 Å². The summed E-state index contributed by atoms with van der Waals surface area (Å²) in [6.07, 6.45) is 1.24. The Hall–Kier alpha value is -2.86. The van der Waals surface area contributed by atoms with Crippen molar-refractivity contribution in [3.8, 4) is 0 Å². The zero-order valence-electron chi connectivity index (χ0n) is 13.5. The minimum atomic E-state index is -3.54. The molecule has 0 radical (unpaired) electrons. The molecule has 0 atom stereocenters. The fourth-order valence-electron chi connectivity index (χ4n) is 1.69. The molecule has 0 unspecified atom stereocenters. The Balaban J connectivity index is 1.85. The molecule has 2 aromatic rings. The minimum absolute atomic E-state index is 0.100. The van der Waals surface area contributed by atoms with Gasteiger partial charge in [-0.2, -0.15) is 0 Å². The van der Waals surface area contributed by atoms with Crippen molar-refractivity contribution in [2.24, 2.45) is 0 Å². The number of carbonyl (C=O) groups excluding carboxylic acids is 2. The molecule has 11 nitrogen and oxygen atoms in total. The topological polar surface area (TPSA) is 136 Å². The molecule has 0 aliphatic rings. The third kappa shape index (κ3) is 5.06. The standard InChI is InChI=1S/C13H16N6O5S/c1-18(2)25(22,23)11-5-3-10(4-6-11)15-12(20)8-24-13(21)7-19-9-14-16-17-19/h3-6,9H,7-8H2,1-2H3,(H,15,20). The van der Waals surface area contributed by atoms with Gasteiger partial charge in [0.15, 0.2) is 6.61 Å². The van der Waals surface area contributed by atoms with E-state index < -0.39 is 28.5 Å². The summed E-state index contributed by atoms with van der Waals surface area (Å²) in [6.45, 7) is -0.698. The summed E-state index contributed by atoms with van der Waals surface area (Å²) in [7, 11) is -0.685. The van der Waals surface area contributed by atoms with Crippen molar-refractivity contribution in [3.63, 3.8) is 0 Å². The van der Waals surface area contributed by atoms with Gasteiger partial charge in [-0.3, -0.25) is 9.59 Å². The number of tetrazole rings is 1. The molecule has 2 rings (SSSR count). The van der Waals surface area contributed by atoms with E-state index in [0.29, 0.717) is 5.69 Å². The summed E-state index contributed by atoms with van der Waals surface area (Å²) in [5, 5.41) is 12.7. The normalized spacial score (nSPS) is 11.3. The summed E-state index contributed by atoms with van der Waals surface area (Å²) in [6, 6.07) is 5.62. The maximum Gasteiger partial charge on any atom is 0.328 e. The first kappa shape index (κ1) is 18.5. The maximum absolute atomic E-state index is 11.9. The highest BCUT2D eigenvalue weighted by Gasteiger charge is 2.17. The van der Waals surface area contributed by atoms with Gasteiger partial charge in [0.1, 0.15) is 12.9 Å². The van der Waals surface area contributed by atoms with Gasteiger partial charge in [-0.15, -0.1) is 5.10 Å². The van der Waals surface area contributed by atoms with E-state index in [1.54, 1.807) is 0 Å². The van der Waals surface area contributed by atoms with E-state index in [2.05, 4.69) is 20.8 Å². The number of amides is 1. The zero-order valence-corrected chi connectivity index (χ0v) is 14.3. The van der Waals surface area contributed by atoms with Crippen LogP contribution >= 0.6 is 0 Å². The lowest BCUT2D eigenvalue weighted by Gasteiger charge is -2.12. The molecule has 0 spiro atoms. The third-order valence-electron chi connectivity index (χ3n) is 2.96. The van der Waals surface area contributed by atoms with Crippen molar-refractivity contribution < 1.29 is 22.7 Å². The predicted octanol–water partition coefficient (Wildman–Crippen LogP) is -0.895. The van der Waals surface area contributed by atoms with Crippen LogP contribution in [0.1, 0.15) is 0 Å². The van der Waals surface area contributed by atoms with E-state index in [9.17, 15) is 18.0 Å². The second kappa shape index (κ2) is 7.81. The number of aromatic nitrogens is 4. The van der Waals surface area contributed by atoms with Crippen LogP contribution < -0.4 is 5.32 Å². The smallest absolute Gasteiger partial charge is 0.328 e. The SMILES string of the molecule is CN(C)S(=O)(=O)c1ccc(NC(=O)COC(=O)Cn2cnnn2)cc1. The summed E-state index contributed by atoms with van der Waals surface area (Å²) < 4.78 is 30.9. The first-order valence-electron chi connectivity index (χ1n) is 6.98. The van der Waals surface area contributed by atoms with Gasteiger partial charge in [-0.1, -0.05) is 0 Å². The molecule has 0 saturated carbocycles. The molecule has 1 amide bonds. The number of benzene rings is 1. The molecule has 1 aromatic heterocycles. The van der Waals surface area contributed by atoms with Crippen molar-refractivity contribution in [2.45, 2.75) is 11.4 Å². The minimum Gasteiger partial charge on any atom is -0.454 e. The highest BCUT2D eigenvalue weighted by atomic mass is 32.2. The fourth-order valence-corrected chi connectivity index (χ4v) is 2.60. The van der Waals surface area contributed by atoms with E-state index >= 15 is 0 Å². The van der Waals surface area contributed by atoms with E-state index in [1.807, 2.05) is 0 Å². The van der Waals surface area contributed by atoms with Gasteiger partial charge in [-0.25, -0.2) is 17.4 Å². The lowest BCUT2D eigenvalue weighted by atomic mass is 10.3. The van der Waals surface area contributed by atoms with Crippen molar-refractivity contribution in [2.75, 3.05) is 26.0 Å². The first-order valence-corrected chi connectivity index (χ1v) is 8.42. The fraction of sp³-hybridized carbons (Fsp3) is 0.308. The van der Waals surface area contributed by atoms with Gasteiger partial charge < -0.3 is 10.1 Å². The molecule has 0 aliphatic carbocycles. The highest BCUT2D eigenvalue weighted by molar-refractivity contribution is 7.89. The van der Waals surface area contributed by atoms with Crippen molar-refractivity contribution in [3.05, 3.63) is 30.6 Å². The Morgan fingerprint density at radius 2 is 1.92 bits per heavy atom. The number of anilines is 1. The average Bonchev–Trinajstić information content (AvgIpc) is 3.06. The number of nitrogens with zero attached hydrogens (tertiary/aromatic N) is 5. The van der Waals surface area contributed by atoms with E-state index in [4.69, 9.17) is 4.74 Å². The van der Waals surface area contributed by atoms with E-state index in [-0.39, 0.29) is 11.4 Å². The zero-order chi connectivity index (χ0) is 18.4. The third-order valence-corrected chi connectivity index (χ3v) is 4.79. The quantitative estimate of drug-likeness (QED) is 0.621. The predicted molar refractivity (Wildman–Crippen MR) is 84.7 cm³/mol. The van der Waals surface area contributed by atoms with Crippen LogP contribution in [0.2, 0.25) is 0 Å². The molecule has 0 fully saturated rings. The lowest BCUT2D eigenvalue weighted by molar-refractivity contribution is -0.148. The molecule has 0 bridgehead atoms. The molecular formula is C13H16N6O5S. The summed E-state index contributed by atoms with van der Waals surface area (Å²) in [5.74, 6) is -1.23. The summed E-state index contributed by atoms with van der Waals surface area (Å²) in [5.41, 5.74) is 0.374. The number of sulfonamides is 1. The van der Waals surface area contributed by atoms with Gasteiger partial charge >= 0.3 is 5.97 Å². The molecule has 25 heavy (non-hydrogen) atoms. The van der Waals surface area contributed by atoms with Crippen LogP contribution in [0.5, 0.6) is 0 Å². The Morgan fingerprint density at radius 1 is 1.24 bits per heavy atom. The average molecular weight is 368 g/mol. The van der Waals surface area contributed by atoms with E-state index in [1.165, 1.54) is 44.7 Å². The van der Waals surface area contributed by atoms with Gasteiger partial charge in [-0.05, 0) is 34.7 Å². The molecule has 1 heterocycles. The number of carbonyl (C=O) groups is 2. The van der Waals surface area contributed by atoms with Crippen molar-refractivity contribution in [1.29, 1.82) is 0 Å². The molecule has 1 N–H and O–H groups in total. The second-order valence-electron chi connectivity index (χ2n) is 5.03. The first-order chi connectivity index (χ1) is 11.8.